The molecule has 0 bridgehead atoms. The zero-order chi connectivity index (χ0) is 11.1. The first-order chi connectivity index (χ1) is 7.29. The van der Waals surface area contributed by atoms with Gasteiger partial charge in [0.1, 0.15) is 0 Å². The van der Waals surface area contributed by atoms with Crippen LogP contribution in [0.2, 0.25) is 0 Å². The van der Waals surface area contributed by atoms with Crippen molar-refractivity contribution in [3.8, 4) is 0 Å². The number of nitrogens with one attached hydrogen (secondary N) is 1. The molecule has 0 aliphatic rings. The number of hydrogen-bond donors (Lipinski definition) is 1. The van der Waals surface area contributed by atoms with Crippen LogP contribution in [0.5, 0.6) is 0 Å². The van der Waals surface area contributed by atoms with Gasteiger partial charge in [0, 0.05) is 28.6 Å². The third-order valence-corrected chi connectivity index (χ3v) is 4.19. The molecule has 1 heterocycles. The Morgan fingerprint density at radius 3 is 2.87 bits per heavy atom. The summed E-state index contributed by atoms with van der Waals surface area (Å²) in [5.74, 6) is 0. The minimum Gasteiger partial charge on any atom is -0.381 e. The van der Waals surface area contributed by atoms with Gasteiger partial charge in [0.05, 0.1) is 0 Å². The number of thiophene rings is 1. The van der Waals surface area contributed by atoms with Gasteiger partial charge in [-0.15, -0.1) is 11.3 Å². The van der Waals surface area contributed by atoms with Crippen molar-refractivity contribution in [2.45, 2.75) is 25.8 Å². The molecule has 0 saturated heterocycles. The van der Waals surface area contributed by atoms with Crippen molar-refractivity contribution in [3.05, 3.63) is 20.8 Å². The SMILES string of the molecule is CCCOCCC(NC)c1sccc1Br. The monoisotopic (exact) mass is 291 g/mol. The van der Waals surface area contributed by atoms with Crippen molar-refractivity contribution in [2.75, 3.05) is 20.3 Å². The third kappa shape index (κ3) is 4.23. The van der Waals surface area contributed by atoms with Gasteiger partial charge in [-0.2, -0.15) is 0 Å². The first kappa shape index (κ1) is 13.2. The molecule has 0 saturated carbocycles. The largest absolute Gasteiger partial charge is 0.381 e. The van der Waals surface area contributed by atoms with E-state index in [0.29, 0.717) is 6.04 Å². The number of hydrogen-bond acceptors (Lipinski definition) is 3. The maximum atomic E-state index is 5.50. The summed E-state index contributed by atoms with van der Waals surface area (Å²) in [5, 5.41) is 5.43. The lowest BCUT2D eigenvalue weighted by molar-refractivity contribution is 0.125. The van der Waals surface area contributed by atoms with E-state index >= 15 is 0 Å². The van der Waals surface area contributed by atoms with Gasteiger partial charge in [-0.1, -0.05) is 6.92 Å². The summed E-state index contributed by atoms with van der Waals surface area (Å²) in [6, 6.07) is 2.49. The summed E-state index contributed by atoms with van der Waals surface area (Å²) in [6.07, 6.45) is 2.11. The zero-order valence-electron chi connectivity index (χ0n) is 9.25. The zero-order valence-corrected chi connectivity index (χ0v) is 11.7. The van der Waals surface area contributed by atoms with Crippen molar-refractivity contribution in [1.82, 2.24) is 5.32 Å². The molecule has 1 rings (SSSR count). The molecule has 1 aromatic rings. The third-order valence-electron chi connectivity index (χ3n) is 2.21. The lowest BCUT2D eigenvalue weighted by Gasteiger charge is -2.15. The molecule has 0 aliphatic carbocycles. The molecule has 0 radical (unpaired) electrons. The van der Waals surface area contributed by atoms with Crippen LogP contribution >= 0.6 is 27.3 Å². The fourth-order valence-corrected chi connectivity index (χ4v) is 3.20. The van der Waals surface area contributed by atoms with Gasteiger partial charge in [0.15, 0.2) is 0 Å². The molecule has 15 heavy (non-hydrogen) atoms. The molecule has 0 amide bonds. The molecule has 1 unspecified atom stereocenters. The second-order valence-corrected chi connectivity index (χ2v) is 5.18. The molecule has 0 aromatic carbocycles. The van der Waals surface area contributed by atoms with E-state index in [1.807, 2.05) is 7.05 Å². The van der Waals surface area contributed by atoms with Crippen LogP contribution in [-0.2, 0) is 4.74 Å². The Kier molecular flexibility index (Phi) is 6.48. The summed E-state index contributed by atoms with van der Waals surface area (Å²) in [7, 11) is 2.00. The van der Waals surface area contributed by atoms with Crippen molar-refractivity contribution >= 4 is 27.3 Å². The summed E-state index contributed by atoms with van der Waals surface area (Å²) in [4.78, 5) is 1.36. The van der Waals surface area contributed by atoms with E-state index in [-0.39, 0.29) is 0 Å². The Labute approximate surface area is 104 Å². The Balaban J connectivity index is 2.39. The lowest BCUT2D eigenvalue weighted by Crippen LogP contribution is -2.17. The van der Waals surface area contributed by atoms with Crippen LogP contribution in [0.4, 0.5) is 0 Å². The second-order valence-electron chi connectivity index (χ2n) is 3.38. The quantitative estimate of drug-likeness (QED) is 0.775. The highest BCUT2D eigenvalue weighted by atomic mass is 79.9. The minimum absolute atomic E-state index is 0.399. The summed E-state index contributed by atoms with van der Waals surface area (Å²) in [5.41, 5.74) is 0. The predicted molar refractivity (Wildman–Crippen MR) is 69.5 cm³/mol. The van der Waals surface area contributed by atoms with E-state index in [0.717, 1.165) is 26.1 Å². The standard InChI is InChI=1S/C11H18BrNOS/c1-3-6-14-7-4-10(13-2)11-9(12)5-8-15-11/h5,8,10,13H,3-4,6-7H2,1-2H3. The molecule has 2 nitrogen and oxygen atoms in total. The van der Waals surface area contributed by atoms with Crippen LogP contribution in [-0.4, -0.2) is 20.3 Å². The predicted octanol–water partition coefficient (Wildman–Crippen LogP) is 3.59. The normalized spacial score (nSPS) is 13.0. The second kappa shape index (κ2) is 7.39. The fourth-order valence-electron chi connectivity index (χ4n) is 1.41. The van der Waals surface area contributed by atoms with Gasteiger partial charge >= 0.3 is 0 Å². The average Bonchev–Trinajstić information content (AvgIpc) is 2.65. The lowest BCUT2D eigenvalue weighted by atomic mass is 10.2. The highest BCUT2D eigenvalue weighted by Crippen LogP contribution is 2.30. The first-order valence-corrected chi connectivity index (χ1v) is 6.94. The van der Waals surface area contributed by atoms with Gasteiger partial charge in [0.2, 0.25) is 0 Å². The summed E-state index contributed by atoms with van der Waals surface area (Å²) < 4.78 is 6.70. The Morgan fingerprint density at radius 2 is 2.33 bits per heavy atom. The molecule has 1 aromatic heterocycles. The summed E-state index contributed by atoms with van der Waals surface area (Å²) in [6.45, 7) is 3.82. The van der Waals surface area contributed by atoms with Crippen molar-refractivity contribution in [1.29, 1.82) is 0 Å². The summed E-state index contributed by atoms with van der Waals surface area (Å²) >= 11 is 5.34. The Morgan fingerprint density at radius 1 is 1.53 bits per heavy atom. The van der Waals surface area contributed by atoms with Crippen LogP contribution in [0.15, 0.2) is 15.9 Å². The molecule has 1 N–H and O–H groups in total. The first-order valence-electron chi connectivity index (χ1n) is 5.27. The van der Waals surface area contributed by atoms with E-state index in [2.05, 4.69) is 39.6 Å². The number of ether oxygens (including phenoxy) is 1. The van der Waals surface area contributed by atoms with Crippen LogP contribution in [0.1, 0.15) is 30.7 Å². The Hall–Kier alpha value is 0.100. The van der Waals surface area contributed by atoms with E-state index in [4.69, 9.17) is 4.74 Å². The van der Waals surface area contributed by atoms with Gasteiger partial charge in [-0.05, 0) is 47.3 Å². The average molecular weight is 292 g/mol. The van der Waals surface area contributed by atoms with Crippen LogP contribution < -0.4 is 5.32 Å². The van der Waals surface area contributed by atoms with Crippen molar-refractivity contribution in [2.24, 2.45) is 0 Å². The Bertz CT molecular complexity index is 277. The highest BCUT2D eigenvalue weighted by Gasteiger charge is 2.13. The topological polar surface area (TPSA) is 21.3 Å². The maximum absolute atomic E-state index is 5.50. The van der Waals surface area contributed by atoms with Gasteiger partial charge < -0.3 is 10.1 Å². The molecule has 86 valence electrons. The van der Waals surface area contributed by atoms with Crippen LogP contribution in [0.25, 0.3) is 0 Å². The molecule has 0 fully saturated rings. The van der Waals surface area contributed by atoms with E-state index in [9.17, 15) is 0 Å². The van der Waals surface area contributed by atoms with Crippen molar-refractivity contribution < 1.29 is 4.74 Å². The van der Waals surface area contributed by atoms with Crippen LogP contribution in [0, 0.1) is 0 Å². The minimum atomic E-state index is 0.399. The molecule has 1 atom stereocenters. The molecular weight excluding hydrogens is 274 g/mol. The van der Waals surface area contributed by atoms with E-state index in [1.54, 1.807) is 11.3 Å². The van der Waals surface area contributed by atoms with Gasteiger partial charge in [-0.25, -0.2) is 0 Å². The fraction of sp³-hybridized carbons (Fsp3) is 0.636. The van der Waals surface area contributed by atoms with Crippen LogP contribution in [0.3, 0.4) is 0 Å². The van der Waals surface area contributed by atoms with Gasteiger partial charge in [-0.3, -0.25) is 0 Å². The van der Waals surface area contributed by atoms with E-state index in [1.165, 1.54) is 9.35 Å². The van der Waals surface area contributed by atoms with Crippen molar-refractivity contribution in [3.63, 3.8) is 0 Å². The molecular formula is C11H18BrNOS. The van der Waals surface area contributed by atoms with E-state index < -0.39 is 0 Å². The number of halogens is 1. The molecule has 4 heteroatoms. The number of rotatable bonds is 7. The van der Waals surface area contributed by atoms with Gasteiger partial charge in [0.25, 0.3) is 0 Å². The molecule has 0 spiro atoms. The molecule has 0 aliphatic heterocycles. The highest BCUT2D eigenvalue weighted by molar-refractivity contribution is 9.10. The smallest absolute Gasteiger partial charge is 0.0484 e. The maximum Gasteiger partial charge on any atom is 0.0484 e.